The Bertz CT molecular complexity index is 1700. The second kappa shape index (κ2) is 11.4. The standard InChI is InChI=1S/C35H36N4O3S2/c1-5-37(6-2)23-13-15-27-29(19-23)42-30-20-24(38(7-3)8-4)14-16-28(30)35(27)26-12-10-9-11-25(26)34(43)39(35)36-21-32-33-31(22-44-32)40-17-18-41-33/h9-16,19-22H,5-8,17-18H2,1-4H3/b36-21+. The summed E-state index contributed by atoms with van der Waals surface area (Å²) in [4.78, 5) is 6.24. The average molecular weight is 625 g/mol. The van der Waals surface area contributed by atoms with Crippen molar-refractivity contribution in [2.45, 2.75) is 33.2 Å². The Balaban J connectivity index is 1.48. The fourth-order valence-corrected chi connectivity index (χ4v) is 7.87. The molecule has 4 heterocycles. The molecule has 44 heavy (non-hydrogen) atoms. The second-order valence-corrected chi connectivity index (χ2v) is 12.2. The van der Waals surface area contributed by atoms with Crippen LogP contribution in [0, 0.1) is 0 Å². The smallest absolute Gasteiger partial charge is 0.180 e. The van der Waals surface area contributed by atoms with Crippen molar-refractivity contribution in [2.24, 2.45) is 5.10 Å². The Morgan fingerprint density at radius 2 is 1.43 bits per heavy atom. The van der Waals surface area contributed by atoms with E-state index in [-0.39, 0.29) is 0 Å². The highest BCUT2D eigenvalue weighted by Crippen LogP contribution is 2.58. The molecule has 1 spiro atoms. The monoisotopic (exact) mass is 624 g/mol. The van der Waals surface area contributed by atoms with Gasteiger partial charge in [-0.1, -0.05) is 48.6 Å². The lowest BCUT2D eigenvalue weighted by Crippen LogP contribution is -2.44. The molecule has 3 aromatic carbocycles. The highest BCUT2D eigenvalue weighted by molar-refractivity contribution is 7.80. The van der Waals surface area contributed by atoms with Crippen LogP contribution in [0.15, 0.2) is 71.1 Å². The van der Waals surface area contributed by atoms with Crippen molar-refractivity contribution in [1.82, 2.24) is 5.01 Å². The van der Waals surface area contributed by atoms with Gasteiger partial charge in [0.2, 0.25) is 0 Å². The number of hydrogen-bond donors (Lipinski definition) is 0. The summed E-state index contributed by atoms with van der Waals surface area (Å²) in [6, 6.07) is 21.5. The summed E-state index contributed by atoms with van der Waals surface area (Å²) in [5.41, 5.74) is 5.52. The van der Waals surface area contributed by atoms with E-state index in [1.165, 1.54) is 0 Å². The summed E-state index contributed by atoms with van der Waals surface area (Å²) >= 11 is 7.79. The van der Waals surface area contributed by atoms with E-state index in [9.17, 15) is 0 Å². The van der Waals surface area contributed by atoms with E-state index in [0.29, 0.717) is 18.2 Å². The molecule has 0 unspecified atom stereocenters. The predicted octanol–water partition coefficient (Wildman–Crippen LogP) is 7.63. The van der Waals surface area contributed by atoms with Gasteiger partial charge in [0.25, 0.3) is 0 Å². The molecule has 0 bridgehead atoms. The Labute approximate surface area is 268 Å². The number of thiophene rings is 1. The van der Waals surface area contributed by atoms with Gasteiger partial charge in [-0.25, -0.2) is 5.01 Å². The molecular formula is C35H36N4O3S2. The first-order valence-electron chi connectivity index (χ1n) is 15.4. The summed E-state index contributed by atoms with van der Waals surface area (Å²) in [5, 5.41) is 9.18. The van der Waals surface area contributed by atoms with Crippen LogP contribution in [0.5, 0.6) is 23.0 Å². The summed E-state index contributed by atoms with van der Waals surface area (Å²) in [7, 11) is 0. The number of nitrogens with zero attached hydrogens (tertiary/aromatic N) is 4. The van der Waals surface area contributed by atoms with Gasteiger partial charge >= 0.3 is 0 Å². The molecule has 7 nitrogen and oxygen atoms in total. The maximum Gasteiger partial charge on any atom is 0.180 e. The van der Waals surface area contributed by atoms with Gasteiger partial charge in [-0.3, -0.25) is 0 Å². The second-order valence-electron chi connectivity index (χ2n) is 10.9. The first kappa shape index (κ1) is 28.7. The molecule has 1 aromatic heterocycles. The number of hydrogen-bond acceptors (Lipinski definition) is 8. The Morgan fingerprint density at radius 3 is 2.07 bits per heavy atom. The third-order valence-electron chi connectivity index (χ3n) is 8.86. The van der Waals surface area contributed by atoms with E-state index in [4.69, 9.17) is 31.5 Å². The van der Waals surface area contributed by atoms with E-state index >= 15 is 0 Å². The van der Waals surface area contributed by atoms with Crippen molar-refractivity contribution in [3.63, 3.8) is 0 Å². The van der Waals surface area contributed by atoms with Gasteiger partial charge in [-0.15, -0.1) is 11.3 Å². The van der Waals surface area contributed by atoms with E-state index in [2.05, 4.69) is 92.1 Å². The Hall–Kier alpha value is -4.08. The zero-order valence-electron chi connectivity index (χ0n) is 25.5. The van der Waals surface area contributed by atoms with Gasteiger partial charge < -0.3 is 24.0 Å². The van der Waals surface area contributed by atoms with Crippen molar-refractivity contribution in [2.75, 3.05) is 49.2 Å². The molecule has 0 fully saturated rings. The van der Waals surface area contributed by atoms with Crippen LogP contribution in [0.25, 0.3) is 0 Å². The topological polar surface area (TPSA) is 49.8 Å². The molecule has 0 radical (unpaired) electrons. The molecule has 0 amide bonds. The molecule has 0 atom stereocenters. The van der Waals surface area contributed by atoms with Crippen LogP contribution in [-0.2, 0) is 5.54 Å². The van der Waals surface area contributed by atoms with Crippen molar-refractivity contribution < 1.29 is 14.2 Å². The highest BCUT2D eigenvalue weighted by atomic mass is 32.1. The molecule has 0 saturated heterocycles. The third-order valence-corrected chi connectivity index (χ3v) is 10.1. The highest BCUT2D eigenvalue weighted by Gasteiger charge is 2.55. The van der Waals surface area contributed by atoms with Crippen LogP contribution in [0.1, 0.15) is 54.8 Å². The van der Waals surface area contributed by atoms with E-state index in [1.807, 2.05) is 22.7 Å². The lowest BCUT2D eigenvalue weighted by atomic mass is 9.75. The largest absolute Gasteiger partial charge is 0.485 e. The molecule has 4 aromatic rings. The van der Waals surface area contributed by atoms with Crippen molar-refractivity contribution >= 4 is 46.1 Å². The van der Waals surface area contributed by atoms with Crippen molar-refractivity contribution in [3.05, 3.63) is 93.2 Å². The van der Waals surface area contributed by atoms with Gasteiger partial charge in [0.1, 0.15) is 35.2 Å². The molecule has 226 valence electrons. The zero-order valence-corrected chi connectivity index (χ0v) is 27.1. The Morgan fingerprint density at radius 1 is 0.818 bits per heavy atom. The van der Waals surface area contributed by atoms with Gasteiger partial charge in [-0.05, 0) is 45.4 Å². The molecule has 3 aliphatic rings. The first-order valence-corrected chi connectivity index (χ1v) is 16.7. The molecule has 0 saturated carbocycles. The summed E-state index contributed by atoms with van der Waals surface area (Å²) in [5.74, 6) is 3.12. The van der Waals surface area contributed by atoms with Crippen LogP contribution in [-0.4, -0.2) is 55.6 Å². The van der Waals surface area contributed by atoms with Crippen LogP contribution in [0.3, 0.4) is 0 Å². The van der Waals surface area contributed by atoms with Crippen molar-refractivity contribution in [1.29, 1.82) is 0 Å². The number of hydrazone groups is 1. The molecule has 7 rings (SSSR count). The SMILES string of the molecule is CCN(CC)c1ccc2c(c1)Oc1cc(N(CC)CC)ccc1C21c2ccccc2C(=S)N1/N=C/c1scc2c1OCCO2. The quantitative estimate of drug-likeness (QED) is 0.148. The van der Waals surface area contributed by atoms with Gasteiger partial charge in [0.15, 0.2) is 11.5 Å². The first-order chi connectivity index (χ1) is 21.5. The maximum absolute atomic E-state index is 6.84. The van der Waals surface area contributed by atoms with Gasteiger partial charge in [0.05, 0.1) is 11.1 Å². The number of rotatable bonds is 8. The minimum absolute atomic E-state index is 0.518. The summed E-state index contributed by atoms with van der Waals surface area (Å²) in [6.07, 6.45) is 1.86. The molecule has 0 aliphatic carbocycles. The minimum Gasteiger partial charge on any atom is -0.485 e. The van der Waals surface area contributed by atoms with E-state index < -0.39 is 5.54 Å². The average Bonchev–Trinajstić information content (AvgIpc) is 3.58. The number of benzene rings is 3. The molecular weight excluding hydrogens is 589 g/mol. The number of thiocarbonyl (C=S) groups is 1. The minimum atomic E-state index is -0.828. The van der Waals surface area contributed by atoms with E-state index in [0.717, 1.165) is 87.7 Å². The molecule has 0 N–H and O–H groups in total. The van der Waals surface area contributed by atoms with Crippen LogP contribution < -0.4 is 24.0 Å². The fourth-order valence-electron chi connectivity index (χ4n) is 6.73. The van der Waals surface area contributed by atoms with Crippen LogP contribution in [0.4, 0.5) is 11.4 Å². The molecule has 9 heteroatoms. The van der Waals surface area contributed by atoms with E-state index in [1.54, 1.807) is 11.3 Å². The van der Waals surface area contributed by atoms with Crippen molar-refractivity contribution in [3.8, 4) is 23.0 Å². The lowest BCUT2D eigenvalue weighted by Gasteiger charge is -2.43. The predicted molar refractivity (Wildman–Crippen MR) is 183 cm³/mol. The maximum atomic E-state index is 6.84. The van der Waals surface area contributed by atoms with Gasteiger partial charge in [-0.2, -0.15) is 5.10 Å². The number of ether oxygens (including phenoxy) is 3. The van der Waals surface area contributed by atoms with Crippen LogP contribution >= 0.6 is 23.6 Å². The molecule has 3 aliphatic heterocycles. The lowest BCUT2D eigenvalue weighted by molar-refractivity contribution is 0.173. The normalized spacial score (nSPS) is 15.6. The zero-order chi connectivity index (χ0) is 30.4. The fraction of sp³-hybridized carbons (Fsp3) is 0.314. The summed E-state index contributed by atoms with van der Waals surface area (Å²) in [6.45, 7) is 13.4. The Kier molecular flexibility index (Phi) is 7.46. The third kappa shape index (κ3) is 4.28. The van der Waals surface area contributed by atoms with Gasteiger partial charge in [0, 0.05) is 71.8 Å². The van der Waals surface area contributed by atoms with Crippen LogP contribution in [0.2, 0.25) is 0 Å². The number of anilines is 2. The number of fused-ring (bicyclic) bond motifs is 7. The summed E-state index contributed by atoms with van der Waals surface area (Å²) < 4.78 is 18.6.